The van der Waals surface area contributed by atoms with Crippen LogP contribution in [0.4, 0.5) is 26.3 Å². The second kappa shape index (κ2) is 5.10. The summed E-state index contributed by atoms with van der Waals surface area (Å²) >= 11 is -1.96. The average molecular weight is 413 g/mol. The van der Waals surface area contributed by atoms with Crippen LogP contribution in [0.25, 0.3) is 0 Å². The van der Waals surface area contributed by atoms with E-state index in [1.165, 1.54) is 4.57 Å². The number of hydrogen-bond donors (Lipinski definition) is 0. The molecule has 1 aliphatic rings. The van der Waals surface area contributed by atoms with E-state index in [0.29, 0.717) is 0 Å². The van der Waals surface area contributed by atoms with Crippen molar-refractivity contribution in [3.63, 3.8) is 0 Å². The molecule has 8 heteroatoms. The maximum absolute atomic E-state index is 13.0. The second-order valence-electron chi connectivity index (χ2n) is 4.98. The molecule has 0 spiro atoms. The van der Waals surface area contributed by atoms with E-state index in [-0.39, 0.29) is 28.8 Å². The molecule has 0 fully saturated rings. The van der Waals surface area contributed by atoms with Gasteiger partial charge in [-0.15, -0.1) is 0 Å². The Labute approximate surface area is 119 Å². The molecule has 0 aliphatic carbocycles. The van der Waals surface area contributed by atoms with Crippen LogP contribution in [0, 0.1) is 9.62 Å². The van der Waals surface area contributed by atoms with Crippen molar-refractivity contribution in [3.05, 3.63) is 21.0 Å². The normalized spacial score (nSPS) is 20.8. The summed E-state index contributed by atoms with van der Waals surface area (Å²) in [5, 5.41) is 0. The third kappa shape index (κ3) is 2.94. The van der Waals surface area contributed by atoms with Gasteiger partial charge in [-0.05, 0) is 0 Å². The van der Waals surface area contributed by atoms with Crippen molar-refractivity contribution in [3.8, 4) is 0 Å². The van der Waals surface area contributed by atoms with Crippen LogP contribution in [0.15, 0.2) is 6.07 Å². The van der Waals surface area contributed by atoms with E-state index in [2.05, 4.69) is 0 Å². The van der Waals surface area contributed by atoms with Crippen molar-refractivity contribution in [2.24, 2.45) is 5.92 Å². The molecule has 2 heterocycles. The Kier molecular flexibility index (Phi) is 4.07. The first-order chi connectivity index (χ1) is 9.01. The van der Waals surface area contributed by atoms with E-state index in [0.717, 1.165) is 6.07 Å². The number of alkyl halides is 8. The molecule has 1 aliphatic heterocycles. The molecular weight excluding hydrogens is 399 g/mol. The quantitative estimate of drug-likeness (QED) is 0.361. The van der Waals surface area contributed by atoms with Crippen LogP contribution in [-0.4, -0.2) is 20.6 Å². The Morgan fingerprint density at radius 1 is 1.15 bits per heavy atom. The van der Waals surface area contributed by atoms with Crippen LogP contribution in [-0.2, 0) is 19.1 Å². The molecular formula is C12H14F6IN. The van der Waals surface area contributed by atoms with Crippen LogP contribution in [0.3, 0.4) is 0 Å². The summed E-state index contributed by atoms with van der Waals surface area (Å²) in [6.07, 6.45) is -9.32. The zero-order chi connectivity index (χ0) is 15.3. The number of fused-ring (bicyclic) bond motifs is 1. The average Bonchev–Trinajstić information content (AvgIpc) is 2.65. The molecule has 20 heavy (non-hydrogen) atoms. The minimum atomic E-state index is -4.49. The Bertz CT molecular complexity index is 499. The van der Waals surface area contributed by atoms with Crippen molar-refractivity contribution < 1.29 is 26.3 Å². The van der Waals surface area contributed by atoms with E-state index in [9.17, 15) is 26.3 Å². The summed E-state index contributed by atoms with van der Waals surface area (Å²) in [6.45, 7) is 0.0284. The van der Waals surface area contributed by atoms with Gasteiger partial charge in [0.05, 0.1) is 0 Å². The Balaban J connectivity index is 2.46. The summed E-state index contributed by atoms with van der Waals surface area (Å²) in [6, 6.07) is 0.921. The predicted molar refractivity (Wildman–Crippen MR) is 71.9 cm³/mol. The third-order valence-electron chi connectivity index (χ3n) is 3.40. The van der Waals surface area contributed by atoms with Gasteiger partial charge in [-0.2, -0.15) is 0 Å². The molecule has 1 aromatic heterocycles. The van der Waals surface area contributed by atoms with Crippen LogP contribution in [0.5, 0.6) is 0 Å². The summed E-state index contributed by atoms with van der Waals surface area (Å²) < 4.78 is 78.9. The molecule has 0 bridgehead atoms. The van der Waals surface area contributed by atoms with Gasteiger partial charge in [0, 0.05) is 0 Å². The molecule has 1 atom stereocenters. The third-order valence-corrected chi connectivity index (χ3v) is 6.61. The minimum absolute atomic E-state index is 0.0284. The molecule has 1 nitrogen and oxygen atoms in total. The fourth-order valence-corrected chi connectivity index (χ4v) is 5.85. The first kappa shape index (κ1) is 16.0. The van der Waals surface area contributed by atoms with Gasteiger partial charge in [-0.25, -0.2) is 0 Å². The fourth-order valence-electron chi connectivity index (χ4n) is 2.51. The van der Waals surface area contributed by atoms with E-state index in [1.54, 1.807) is 9.86 Å². The zero-order valence-corrected chi connectivity index (χ0v) is 13.0. The van der Waals surface area contributed by atoms with E-state index >= 15 is 0 Å². The maximum atomic E-state index is 13.0. The number of nitrogens with zero attached hydrogens (tertiary/aromatic N) is 1. The summed E-state index contributed by atoms with van der Waals surface area (Å²) in [7, 11) is 0. The molecule has 0 aromatic carbocycles. The number of halogens is 7. The van der Waals surface area contributed by atoms with Crippen LogP contribution < -0.4 is 0 Å². The van der Waals surface area contributed by atoms with Gasteiger partial charge in [-0.3, -0.25) is 0 Å². The van der Waals surface area contributed by atoms with Gasteiger partial charge >= 0.3 is 119 Å². The molecule has 0 saturated carbocycles. The summed E-state index contributed by atoms with van der Waals surface area (Å²) in [5.74, 6) is -1.53. The van der Waals surface area contributed by atoms with Crippen molar-refractivity contribution in [2.75, 3.05) is 9.86 Å². The van der Waals surface area contributed by atoms with Crippen molar-refractivity contribution in [1.29, 1.82) is 0 Å². The van der Waals surface area contributed by atoms with Crippen LogP contribution in [0.2, 0.25) is 0 Å². The topological polar surface area (TPSA) is 4.93 Å². The summed E-state index contributed by atoms with van der Waals surface area (Å²) in [5.41, 5.74) is -0.558. The molecule has 2 rings (SSSR count). The molecule has 0 radical (unpaired) electrons. The van der Waals surface area contributed by atoms with Gasteiger partial charge in [0.1, 0.15) is 0 Å². The van der Waals surface area contributed by atoms with Crippen LogP contribution >= 0.6 is 19.8 Å². The molecule has 1 aromatic rings. The second-order valence-corrected chi connectivity index (χ2v) is 10.3. The Morgan fingerprint density at radius 2 is 1.75 bits per heavy atom. The monoisotopic (exact) mass is 413 g/mol. The molecule has 116 valence electrons. The first-order valence-electron chi connectivity index (χ1n) is 5.88. The van der Waals surface area contributed by atoms with Gasteiger partial charge in [0.2, 0.25) is 0 Å². The van der Waals surface area contributed by atoms with Crippen molar-refractivity contribution in [1.82, 2.24) is 4.57 Å². The predicted octanol–water partition coefficient (Wildman–Crippen LogP) is 4.57. The SMILES string of the molecule is CI(C)c1c(C(F)(F)F)cc2n1CCC(C(F)(F)F)C2. The Morgan fingerprint density at radius 3 is 2.20 bits per heavy atom. The van der Waals surface area contributed by atoms with Gasteiger partial charge in [0.25, 0.3) is 0 Å². The van der Waals surface area contributed by atoms with Crippen molar-refractivity contribution in [2.45, 2.75) is 31.7 Å². The van der Waals surface area contributed by atoms with Gasteiger partial charge in [-0.1, -0.05) is 0 Å². The standard InChI is InChI=1S/C12H14F6IN/c1-19(2)10-9(12(16,17)18)6-8-5-7(11(13,14)15)3-4-20(8)10/h6-7H,3-5H2,1-2H3. The van der Waals surface area contributed by atoms with E-state index in [4.69, 9.17) is 0 Å². The van der Waals surface area contributed by atoms with Crippen molar-refractivity contribution >= 4 is 19.8 Å². The number of rotatable bonds is 1. The van der Waals surface area contributed by atoms with Crippen LogP contribution in [0.1, 0.15) is 17.7 Å². The number of hydrogen-bond acceptors (Lipinski definition) is 0. The summed E-state index contributed by atoms with van der Waals surface area (Å²) in [4.78, 5) is 3.55. The molecule has 0 amide bonds. The Hall–Kier alpha value is -0.410. The molecule has 1 unspecified atom stereocenters. The van der Waals surface area contributed by atoms with E-state index < -0.39 is 43.7 Å². The first-order valence-corrected chi connectivity index (χ1v) is 11.3. The fraction of sp³-hybridized carbons (Fsp3) is 0.667. The molecule has 0 N–H and O–H groups in total. The van der Waals surface area contributed by atoms with Gasteiger partial charge < -0.3 is 0 Å². The van der Waals surface area contributed by atoms with Gasteiger partial charge in [0.15, 0.2) is 0 Å². The van der Waals surface area contributed by atoms with E-state index in [1.807, 2.05) is 0 Å². The zero-order valence-electron chi connectivity index (χ0n) is 10.9. The number of aromatic nitrogens is 1. The molecule has 0 saturated heterocycles.